The number of nitrogens with zero attached hydrogens (tertiary/aromatic N) is 1. The lowest BCUT2D eigenvalue weighted by Crippen LogP contribution is -2.51. The van der Waals surface area contributed by atoms with Gasteiger partial charge in [0.25, 0.3) is 0 Å². The summed E-state index contributed by atoms with van der Waals surface area (Å²) >= 11 is 6.19. The number of carbonyl (C=O) groups excluding carboxylic acids is 3. The van der Waals surface area contributed by atoms with E-state index < -0.39 is 23.4 Å². The first-order valence-electron chi connectivity index (χ1n) is 13.8. The van der Waals surface area contributed by atoms with Gasteiger partial charge in [-0.15, -0.1) is 0 Å². The number of benzene rings is 4. The molecule has 1 N–H and O–H groups in total. The predicted molar refractivity (Wildman–Crippen MR) is 163 cm³/mol. The van der Waals surface area contributed by atoms with Gasteiger partial charge in [0.15, 0.2) is 11.6 Å². The van der Waals surface area contributed by atoms with Crippen LogP contribution in [0.3, 0.4) is 0 Å². The molecule has 1 spiro atoms. The van der Waals surface area contributed by atoms with Crippen LogP contribution < -0.4 is 15.0 Å². The summed E-state index contributed by atoms with van der Waals surface area (Å²) in [4.78, 5) is 46.0. The van der Waals surface area contributed by atoms with Crippen molar-refractivity contribution in [2.24, 2.45) is 5.92 Å². The first-order valence-corrected chi connectivity index (χ1v) is 14.2. The van der Waals surface area contributed by atoms with Crippen molar-refractivity contribution in [1.82, 2.24) is 0 Å². The monoisotopic (exact) mass is 574 g/mol. The minimum absolute atomic E-state index is 0.244. The standard InChI is InChI=1S/C35H27ClN2O4/c1-20-19-29-35(26-8-4-5-9-27(26)37-34(35)41)30(32(39)21-11-15-23(36)16-12-21)31(38(29)28-10-6-3-7-25(20)28)33(40)22-13-17-24(42-2)18-14-22/h3-19,29-31H,1-2H3,(H,37,41)/t29-,30-,31+,35-/m0/s1. The predicted octanol–water partition coefficient (Wildman–Crippen LogP) is 6.59. The van der Waals surface area contributed by atoms with Crippen LogP contribution in [-0.4, -0.2) is 36.7 Å². The molecule has 3 aliphatic rings. The molecule has 4 aromatic rings. The van der Waals surface area contributed by atoms with E-state index in [-0.39, 0.29) is 17.5 Å². The van der Waals surface area contributed by atoms with Gasteiger partial charge in [-0.1, -0.05) is 54.1 Å². The zero-order chi connectivity index (χ0) is 29.2. The molecule has 3 aliphatic heterocycles. The number of rotatable bonds is 5. The van der Waals surface area contributed by atoms with Gasteiger partial charge in [-0.3, -0.25) is 14.4 Å². The third-order valence-electron chi connectivity index (χ3n) is 8.94. The number of anilines is 2. The normalized spacial score (nSPS) is 23.5. The second-order valence-electron chi connectivity index (χ2n) is 11.0. The SMILES string of the molecule is COc1ccc(C(=O)[C@H]2[C@@H](C(=O)c3ccc(Cl)cc3)[C@@]3(C(=O)Nc4ccccc43)[C@@H]3C=C(C)c4ccccc4N32)cc1. The van der Waals surface area contributed by atoms with Crippen LogP contribution in [0.2, 0.25) is 5.02 Å². The number of nitrogens with one attached hydrogen (secondary N) is 1. The summed E-state index contributed by atoms with van der Waals surface area (Å²) in [6, 6.07) is 27.3. The van der Waals surface area contributed by atoms with E-state index in [0.717, 1.165) is 16.8 Å². The average Bonchev–Trinajstić information content (AvgIpc) is 3.49. The lowest BCUT2D eigenvalue weighted by atomic mass is 9.64. The highest BCUT2D eigenvalue weighted by Crippen LogP contribution is 2.58. The maximum Gasteiger partial charge on any atom is 0.238 e. The quantitative estimate of drug-likeness (QED) is 0.272. The Morgan fingerprint density at radius 1 is 0.857 bits per heavy atom. The molecule has 0 saturated carbocycles. The van der Waals surface area contributed by atoms with Crippen LogP contribution in [0.4, 0.5) is 11.4 Å². The minimum atomic E-state index is -1.37. The van der Waals surface area contributed by atoms with E-state index in [4.69, 9.17) is 16.3 Å². The van der Waals surface area contributed by atoms with Crippen LogP contribution >= 0.6 is 11.6 Å². The summed E-state index contributed by atoms with van der Waals surface area (Å²) in [7, 11) is 1.57. The summed E-state index contributed by atoms with van der Waals surface area (Å²) < 4.78 is 5.33. The van der Waals surface area contributed by atoms with Gasteiger partial charge >= 0.3 is 0 Å². The van der Waals surface area contributed by atoms with Crippen molar-refractivity contribution in [2.75, 3.05) is 17.3 Å². The lowest BCUT2D eigenvalue weighted by Gasteiger charge is -2.39. The summed E-state index contributed by atoms with van der Waals surface area (Å²) in [5.74, 6) is -1.25. The van der Waals surface area contributed by atoms with E-state index >= 15 is 0 Å². The van der Waals surface area contributed by atoms with Crippen molar-refractivity contribution in [2.45, 2.75) is 24.4 Å². The highest BCUT2D eigenvalue weighted by atomic mass is 35.5. The molecule has 0 bridgehead atoms. The van der Waals surface area contributed by atoms with Crippen LogP contribution in [-0.2, 0) is 10.2 Å². The molecule has 7 rings (SSSR count). The Bertz CT molecular complexity index is 1800. The zero-order valence-corrected chi connectivity index (χ0v) is 23.8. The summed E-state index contributed by atoms with van der Waals surface area (Å²) in [6.45, 7) is 2.01. The van der Waals surface area contributed by atoms with Gasteiger partial charge < -0.3 is 15.0 Å². The Hall–Kier alpha value is -4.68. The summed E-state index contributed by atoms with van der Waals surface area (Å²) in [6.07, 6.45) is 2.05. The Balaban J connectivity index is 1.53. The second kappa shape index (κ2) is 9.71. The first-order chi connectivity index (χ1) is 20.4. The number of Topliss-reactive ketones (excluding diaryl/α,β-unsaturated/α-hetero) is 2. The van der Waals surface area contributed by atoms with Crippen LogP contribution in [0.1, 0.15) is 38.8 Å². The first kappa shape index (κ1) is 26.2. The zero-order valence-electron chi connectivity index (χ0n) is 23.0. The van der Waals surface area contributed by atoms with E-state index in [9.17, 15) is 14.4 Å². The molecular weight excluding hydrogens is 548 g/mol. The molecule has 1 saturated heterocycles. The molecule has 4 aromatic carbocycles. The number of ketones is 2. The number of hydrogen-bond acceptors (Lipinski definition) is 5. The van der Waals surface area contributed by atoms with E-state index in [1.54, 1.807) is 55.6 Å². The molecule has 1 amide bonds. The van der Waals surface area contributed by atoms with E-state index in [0.29, 0.717) is 33.1 Å². The maximum atomic E-state index is 14.8. The number of amides is 1. The van der Waals surface area contributed by atoms with Gasteiger partial charge in [0, 0.05) is 33.1 Å². The van der Waals surface area contributed by atoms with Crippen LogP contribution in [0.15, 0.2) is 103 Å². The second-order valence-corrected chi connectivity index (χ2v) is 11.4. The molecule has 0 unspecified atom stereocenters. The maximum absolute atomic E-state index is 14.8. The molecule has 0 radical (unpaired) electrons. The van der Waals surface area contributed by atoms with Crippen molar-refractivity contribution < 1.29 is 19.1 Å². The molecule has 6 nitrogen and oxygen atoms in total. The average molecular weight is 575 g/mol. The Labute approximate surface area is 248 Å². The third-order valence-corrected chi connectivity index (χ3v) is 9.19. The molecule has 7 heteroatoms. The molecular formula is C35H27ClN2O4. The van der Waals surface area contributed by atoms with Crippen LogP contribution in [0.5, 0.6) is 5.75 Å². The molecule has 208 valence electrons. The number of halogens is 1. The number of allylic oxidation sites excluding steroid dienone is 1. The fourth-order valence-corrected chi connectivity index (χ4v) is 7.23. The van der Waals surface area contributed by atoms with Gasteiger partial charge in [-0.25, -0.2) is 0 Å². The smallest absolute Gasteiger partial charge is 0.238 e. The Morgan fingerprint density at radius 2 is 1.50 bits per heavy atom. The van der Waals surface area contributed by atoms with Crippen molar-refractivity contribution in [3.8, 4) is 5.75 Å². The Morgan fingerprint density at radius 3 is 2.24 bits per heavy atom. The number of methoxy groups -OCH3 is 1. The number of fused-ring (bicyclic) bond motifs is 6. The minimum Gasteiger partial charge on any atom is -0.497 e. The Kier molecular flexibility index (Phi) is 6.06. The fourth-order valence-electron chi connectivity index (χ4n) is 7.11. The molecule has 0 aromatic heterocycles. The van der Waals surface area contributed by atoms with Crippen LogP contribution in [0.25, 0.3) is 5.57 Å². The fraction of sp³-hybridized carbons (Fsp3) is 0.171. The summed E-state index contributed by atoms with van der Waals surface area (Å²) in [5.41, 5.74) is 3.58. The van der Waals surface area contributed by atoms with E-state index in [1.807, 2.05) is 66.4 Å². The highest BCUT2D eigenvalue weighted by molar-refractivity contribution is 6.30. The van der Waals surface area contributed by atoms with Crippen molar-refractivity contribution in [3.63, 3.8) is 0 Å². The van der Waals surface area contributed by atoms with Gasteiger partial charge in [0.1, 0.15) is 17.2 Å². The topological polar surface area (TPSA) is 75.7 Å². The third kappa shape index (κ3) is 3.61. The molecule has 0 aliphatic carbocycles. The summed E-state index contributed by atoms with van der Waals surface area (Å²) in [5, 5.41) is 3.56. The van der Waals surface area contributed by atoms with Gasteiger partial charge in [0.2, 0.25) is 5.91 Å². The van der Waals surface area contributed by atoms with Gasteiger partial charge in [-0.2, -0.15) is 0 Å². The number of ether oxygens (including phenoxy) is 1. The van der Waals surface area contributed by atoms with Crippen LogP contribution in [0, 0.1) is 5.92 Å². The van der Waals surface area contributed by atoms with Gasteiger partial charge in [0.05, 0.1) is 19.1 Å². The largest absolute Gasteiger partial charge is 0.497 e. The molecule has 3 heterocycles. The number of hydrogen-bond donors (Lipinski definition) is 1. The lowest BCUT2D eigenvalue weighted by molar-refractivity contribution is -0.121. The van der Waals surface area contributed by atoms with E-state index in [2.05, 4.69) is 5.32 Å². The molecule has 1 fully saturated rings. The highest BCUT2D eigenvalue weighted by Gasteiger charge is 2.70. The molecule has 4 atom stereocenters. The number of para-hydroxylation sites is 2. The van der Waals surface area contributed by atoms with Gasteiger partial charge in [-0.05, 0) is 78.7 Å². The number of carbonyl (C=O) groups is 3. The van der Waals surface area contributed by atoms with E-state index in [1.165, 1.54) is 0 Å². The van der Waals surface area contributed by atoms with Crippen molar-refractivity contribution in [3.05, 3.63) is 130 Å². The molecule has 42 heavy (non-hydrogen) atoms. The van der Waals surface area contributed by atoms with Crippen molar-refractivity contribution in [1.29, 1.82) is 0 Å². The van der Waals surface area contributed by atoms with Crippen molar-refractivity contribution >= 4 is 46.0 Å².